The van der Waals surface area contributed by atoms with Gasteiger partial charge < -0.3 is 28.4 Å². The molecule has 0 spiro atoms. The van der Waals surface area contributed by atoms with Gasteiger partial charge in [-0.25, -0.2) is 9.97 Å². The molecular weight excluding hydrogens is 1680 g/mol. The zero-order valence-electron chi connectivity index (χ0n) is 88.1. The fraction of sp³-hybridized carbons (Fsp3) is 0.328. The van der Waals surface area contributed by atoms with Crippen LogP contribution in [0.4, 0.5) is 68.2 Å². The first kappa shape index (κ1) is 94.3. The number of hydrogen-bond donors (Lipinski definition) is 0. The number of hydrogen-bond acceptors (Lipinski definition) is 8. The SMILES string of the molecule is Cc1cc2c3c(c1)N(c1cc(C(C)(C)C)cc(C(C)(C)C)c1)c1cc4oc(-c5ccc(-c6ccc(C(C)(C)C)cc6)cc5)nc4cc1B3c1cc(C(C)(C)C)ccc1N2c1cc(C(C)(C)C)cc(C(C)(C)C)c1.Cc1cc2c3c(c1)N(c1ccc(C(C)(C)C)cc1)c1cc4oc(-c5ccc(-c6ccc(C(C)(C)C)cc6)cc5)nc4cc1B3c1cc(C(C)(C)C)ccc1N2c1ccc(C(C)(C)C)cc1. The summed E-state index contributed by atoms with van der Waals surface area (Å²) in [7, 11) is 0. The molecule has 0 aliphatic carbocycles. The fourth-order valence-electron chi connectivity index (χ4n) is 20.8. The molecule has 0 unspecified atom stereocenters. The molecule has 6 heterocycles. The zero-order chi connectivity index (χ0) is 98.7. The molecule has 10 heteroatoms. The summed E-state index contributed by atoms with van der Waals surface area (Å²) in [6, 6.07) is 102. The molecule has 0 saturated carbocycles. The van der Waals surface area contributed by atoms with Crippen molar-refractivity contribution in [3.63, 3.8) is 0 Å². The standard InChI is InChI=1S/C68H78BN3O.C60H62BN3O/c1-41-30-58-61-59(31-41)72(52-36-49(67(14,15)16)33-50(37-52)68(17,18)19)57-40-60-55(70-62(73-60)44-22-20-42(21-23-44)43-24-26-45(27-25-43)63(2,3)4)39-54(57)69(61)53-38-46(64(5,6)7)28-29-56(53)71(58)51-34-47(65(8,9)10)32-48(35-51)66(11,12)13;1-37-32-52-55-53(33-37)64(46-29-24-43(25-30-46)59(8,9)10)51-36-54-49(62-56(65-54)40-16-14-38(15-17-40)39-18-20-41(21-19-39)57(2,3)4)35-48(51)61(55)47-34-44(60(11,12)13)26-31-50(47)63(52)45-27-22-42(23-28-45)58(5,6)7/h20-40H,1-19H3;14-36H,1-13H3. The molecule has 0 radical (unpaired) electrons. The van der Waals surface area contributed by atoms with Gasteiger partial charge in [0.2, 0.25) is 11.8 Å². The molecule has 0 N–H and O–H groups in total. The maximum atomic E-state index is 6.92. The molecule has 138 heavy (non-hydrogen) atoms. The normalized spacial score (nSPS) is 14.0. The lowest BCUT2D eigenvalue weighted by Crippen LogP contribution is -2.61. The number of nitrogens with zero attached hydrogens (tertiary/aromatic N) is 6. The van der Waals surface area contributed by atoms with Gasteiger partial charge in [0.25, 0.3) is 13.4 Å². The lowest BCUT2D eigenvalue weighted by molar-refractivity contribution is 0.568. The van der Waals surface area contributed by atoms with Gasteiger partial charge in [-0.05, 0) is 311 Å². The lowest BCUT2D eigenvalue weighted by Gasteiger charge is -2.45. The van der Waals surface area contributed by atoms with E-state index in [0.29, 0.717) is 11.8 Å². The van der Waals surface area contributed by atoms with E-state index < -0.39 is 0 Å². The Morgan fingerprint density at radius 3 is 0.696 bits per heavy atom. The van der Waals surface area contributed by atoms with Crippen molar-refractivity contribution in [3.8, 4) is 45.2 Å². The number of aryl methyl sites for hydroxylation is 2. The molecule has 0 fully saturated rings. The van der Waals surface area contributed by atoms with E-state index in [1.807, 2.05) is 0 Å². The Morgan fingerprint density at radius 2 is 0.420 bits per heavy atom. The molecule has 0 bridgehead atoms. The molecule has 14 aromatic carbocycles. The van der Waals surface area contributed by atoms with Crippen LogP contribution in [0.5, 0.6) is 0 Å². The summed E-state index contributed by atoms with van der Waals surface area (Å²) in [6.45, 7) is 73.6. The van der Waals surface area contributed by atoms with Crippen LogP contribution in [0.1, 0.15) is 274 Å². The van der Waals surface area contributed by atoms with Crippen molar-refractivity contribution in [2.75, 3.05) is 19.6 Å². The third kappa shape index (κ3) is 17.4. The second-order valence-corrected chi connectivity index (χ2v) is 50.4. The van der Waals surface area contributed by atoms with Crippen LogP contribution in [0.25, 0.3) is 67.4 Å². The monoisotopic (exact) mass is 1820 g/mol. The first-order valence-corrected chi connectivity index (χ1v) is 50.1. The smallest absolute Gasteiger partial charge is 0.252 e. The Labute approximate surface area is 824 Å². The molecular formula is C128H140B2N6O2. The quantitative estimate of drug-likeness (QED) is 0.139. The third-order valence-electron chi connectivity index (χ3n) is 29.4. The second-order valence-electron chi connectivity index (χ2n) is 50.4. The summed E-state index contributed by atoms with van der Waals surface area (Å²) in [4.78, 5) is 20.7. The Bertz CT molecular complexity index is 7400. The third-order valence-corrected chi connectivity index (χ3v) is 29.4. The van der Waals surface area contributed by atoms with Gasteiger partial charge >= 0.3 is 0 Å². The van der Waals surface area contributed by atoms with Crippen LogP contribution in [-0.4, -0.2) is 23.4 Å². The van der Waals surface area contributed by atoms with Crippen molar-refractivity contribution in [2.45, 2.75) is 276 Å². The van der Waals surface area contributed by atoms with Crippen LogP contribution >= 0.6 is 0 Å². The highest BCUT2D eigenvalue weighted by Crippen LogP contribution is 2.52. The van der Waals surface area contributed by atoms with Gasteiger partial charge in [-0.3, -0.25) is 0 Å². The first-order chi connectivity index (χ1) is 64.5. The lowest BCUT2D eigenvalue weighted by atomic mass is 9.33. The Kier molecular flexibility index (Phi) is 22.6. The summed E-state index contributed by atoms with van der Waals surface area (Å²) >= 11 is 0. The van der Waals surface area contributed by atoms with Crippen LogP contribution in [-0.2, 0) is 54.1 Å². The highest BCUT2D eigenvalue weighted by Gasteiger charge is 2.48. The topological polar surface area (TPSA) is 65.0 Å². The zero-order valence-corrected chi connectivity index (χ0v) is 88.1. The Morgan fingerprint density at radius 1 is 0.196 bits per heavy atom. The van der Waals surface area contributed by atoms with Crippen molar-refractivity contribution in [1.82, 2.24) is 9.97 Å². The van der Waals surface area contributed by atoms with Crippen molar-refractivity contribution in [3.05, 3.63) is 334 Å². The molecule has 0 amide bonds. The molecule has 2 aromatic heterocycles. The van der Waals surface area contributed by atoms with Crippen LogP contribution in [0.15, 0.2) is 276 Å². The van der Waals surface area contributed by atoms with Crippen LogP contribution in [0.2, 0.25) is 0 Å². The van der Waals surface area contributed by atoms with Crippen LogP contribution in [0, 0.1) is 13.8 Å². The number of rotatable bonds is 8. The van der Waals surface area contributed by atoms with Crippen LogP contribution < -0.4 is 52.4 Å². The van der Waals surface area contributed by atoms with Gasteiger partial charge in [0, 0.05) is 91.5 Å². The molecule has 0 saturated heterocycles. The van der Waals surface area contributed by atoms with E-state index >= 15 is 0 Å². The highest BCUT2D eigenvalue weighted by molar-refractivity contribution is 7.01. The van der Waals surface area contributed by atoms with Crippen molar-refractivity contribution in [2.24, 2.45) is 0 Å². The van der Waals surface area contributed by atoms with E-state index in [0.717, 1.165) is 61.8 Å². The summed E-state index contributed by atoms with van der Waals surface area (Å²) in [5.41, 5.74) is 47.2. The summed E-state index contributed by atoms with van der Waals surface area (Å²) in [6.07, 6.45) is 0. The number of oxazole rings is 2. The van der Waals surface area contributed by atoms with E-state index in [2.05, 4.69) is 508 Å². The molecule has 4 aliphatic rings. The predicted octanol–water partition coefficient (Wildman–Crippen LogP) is 32.1. The number of benzene rings is 14. The maximum absolute atomic E-state index is 6.92. The van der Waals surface area contributed by atoms with Crippen molar-refractivity contribution >= 4 is 137 Å². The summed E-state index contributed by atoms with van der Waals surface area (Å²) < 4.78 is 13.7. The summed E-state index contributed by atoms with van der Waals surface area (Å²) in [5.74, 6) is 1.24. The van der Waals surface area contributed by atoms with Gasteiger partial charge in [-0.2, -0.15) is 0 Å². The van der Waals surface area contributed by atoms with Crippen LogP contribution in [0.3, 0.4) is 0 Å². The minimum Gasteiger partial charge on any atom is -0.436 e. The fourth-order valence-corrected chi connectivity index (χ4v) is 20.8. The van der Waals surface area contributed by atoms with E-state index in [1.54, 1.807) is 0 Å². The summed E-state index contributed by atoms with van der Waals surface area (Å²) in [5, 5.41) is 0. The van der Waals surface area contributed by atoms with E-state index in [1.165, 1.54) is 162 Å². The Balaban J connectivity index is 0.000000177. The minimum absolute atomic E-state index is 0.0287. The van der Waals surface area contributed by atoms with Crippen molar-refractivity contribution in [1.29, 1.82) is 0 Å². The van der Waals surface area contributed by atoms with Gasteiger partial charge in [0.1, 0.15) is 11.0 Å². The first-order valence-electron chi connectivity index (χ1n) is 50.1. The molecule has 0 atom stereocenters. The predicted molar refractivity (Wildman–Crippen MR) is 594 cm³/mol. The molecule has 20 rings (SSSR count). The van der Waals surface area contributed by atoms with Gasteiger partial charge in [-0.1, -0.05) is 341 Å². The molecule has 8 nitrogen and oxygen atoms in total. The molecule has 700 valence electrons. The van der Waals surface area contributed by atoms with E-state index in [4.69, 9.17) is 18.8 Å². The highest BCUT2D eigenvalue weighted by atomic mass is 16.4. The molecule has 16 aromatic rings. The minimum atomic E-state index is -0.0836. The van der Waals surface area contributed by atoms with Gasteiger partial charge in [-0.15, -0.1) is 0 Å². The number of fused-ring (bicyclic) bond motifs is 10. The van der Waals surface area contributed by atoms with Gasteiger partial charge in [0.15, 0.2) is 11.2 Å². The average molecular weight is 1820 g/mol. The Hall–Kier alpha value is -12.7. The van der Waals surface area contributed by atoms with E-state index in [-0.39, 0.29) is 67.6 Å². The van der Waals surface area contributed by atoms with Crippen molar-refractivity contribution < 1.29 is 8.83 Å². The molecule has 4 aliphatic heterocycles. The number of aromatic nitrogens is 2. The maximum Gasteiger partial charge on any atom is 0.252 e. The van der Waals surface area contributed by atoms with E-state index in [9.17, 15) is 0 Å². The largest absolute Gasteiger partial charge is 0.436 e. The van der Waals surface area contributed by atoms with Gasteiger partial charge in [0.05, 0.1) is 0 Å². The number of anilines is 12. The average Bonchev–Trinajstić information content (AvgIpc) is 0.965. The second kappa shape index (κ2) is 33.0.